The van der Waals surface area contributed by atoms with Gasteiger partial charge in [0.05, 0.1) is 13.2 Å². The molecule has 1 aromatic heterocycles. The molecule has 0 spiro atoms. The Kier molecular flexibility index (Phi) is 3.94. The average molecular weight is 302 g/mol. The Morgan fingerprint density at radius 1 is 1.38 bits per heavy atom. The number of hydrogen-bond acceptors (Lipinski definition) is 4. The number of hydrogen-bond donors (Lipinski definition) is 2. The van der Waals surface area contributed by atoms with Crippen LogP contribution in [0.5, 0.6) is 5.75 Å². The minimum Gasteiger partial charge on any atom is -0.496 e. The molecule has 1 aliphatic rings. The zero-order valence-corrected chi connectivity index (χ0v) is 12.9. The summed E-state index contributed by atoms with van der Waals surface area (Å²) in [5.74, 6) is 0.891. The van der Waals surface area contributed by atoms with Crippen molar-refractivity contribution in [1.29, 1.82) is 0 Å². The van der Waals surface area contributed by atoms with Gasteiger partial charge in [0.25, 0.3) is 5.91 Å². The standard InChI is InChI=1S/C16H18N2O2S/c1-17-15(14-8-12(20-2)9-21-14)11-4-3-10-5-6-18-16(19)13(10)7-11/h3-4,7-9,15,17H,5-6H2,1-2H3,(H,18,19). The summed E-state index contributed by atoms with van der Waals surface area (Å²) in [6.45, 7) is 0.725. The first-order chi connectivity index (χ1) is 10.2. The Morgan fingerprint density at radius 2 is 2.24 bits per heavy atom. The van der Waals surface area contributed by atoms with Crippen LogP contribution < -0.4 is 15.4 Å². The molecule has 0 radical (unpaired) electrons. The first kappa shape index (κ1) is 14.1. The van der Waals surface area contributed by atoms with E-state index in [-0.39, 0.29) is 11.9 Å². The lowest BCUT2D eigenvalue weighted by atomic mass is 9.95. The summed E-state index contributed by atoms with van der Waals surface area (Å²) in [6.07, 6.45) is 0.901. The molecule has 110 valence electrons. The molecule has 1 unspecified atom stereocenters. The van der Waals surface area contributed by atoms with Crippen LogP contribution in [0, 0.1) is 0 Å². The highest BCUT2D eigenvalue weighted by molar-refractivity contribution is 7.10. The van der Waals surface area contributed by atoms with Gasteiger partial charge < -0.3 is 15.4 Å². The van der Waals surface area contributed by atoms with Crippen LogP contribution in [0.25, 0.3) is 0 Å². The van der Waals surface area contributed by atoms with Crippen molar-refractivity contribution in [1.82, 2.24) is 10.6 Å². The number of amides is 1. The monoisotopic (exact) mass is 302 g/mol. The smallest absolute Gasteiger partial charge is 0.251 e. The summed E-state index contributed by atoms with van der Waals surface area (Å²) >= 11 is 1.65. The Labute approximate surface area is 128 Å². The number of carbonyl (C=O) groups is 1. The number of thiophene rings is 1. The molecular formula is C16H18N2O2S. The van der Waals surface area contributed by atoms with Gasteiger partial charge in [0, 0.05) is 22.4 Å². The Balaban J connectivity index is 1.97. The van der Waals surface area contributed by atoms with Gasteiger partial charge in [-0.05, 0) is 36.7 Å². The van der Waals surface area contributed by atoms with Crippen LogP contribution in [-0.2, 0) is 6.42 Å². The average Bonchev–Trinajstić information content (AvgIpc) is 2.97. The van der Waals surface area contributed by atoms with E-state index in [1.165, 1.54) is 4.88 Å². The number of carbonyl (C=O) groups excluding carboxylic acids is 1. The predicted molar refractivity (Wildman–Crippen MR) is 84.3 cm³/mol. The van der Waals surface area contributed by atoms with Crippen molar-refractivity contribution in [2.75, 3.05) is 20.7 Å². The van der Waals surface area contributed by atoms with Crippen molar-refractivity contribution in [2.24, 2.45) is 0 Å². The van der Waals surface area contributed by atoms with Gasteiger partial charge in [-0.15, -0.1) is 11.3 Å². The van der Waals surface area contributed by atoms with E-state index >= 15 is 0 Å². The zero-order chi connectivity index (χ0) is 14.8. The second-order valence-electron chi connectivity index (χ2n) is 5.03. The molecule has 0 fully saturated rings. The summed E-state index contributed by atoms with van der Waals surface area (Å²) < 4.78 is 5.25. The highest BCUT2D eigenvalue weighted by Gasteiger charge is 2.20. The van der Waals surface area contributed by atoms with Gasteiger partial charge in [-0.3, -0.25) is 4.79 Å². The fourth-order valence-electron chi connectivity index (χ4n) is 2.67. The van der Waals surface area contributed by atoms with Gasteiger partial charge in [-0.25, -0.2) is 0 Å². The third-order valence-corrected chi connectivity index (χ3v) is 4.77. The third-order valence-electron chi connectivity index (χ3n) is 3.80. The van der Waals surface area contributed by atoms with Gasteiger partial charge in [0.2, 0.25) is 0 Å². The van der Waals surface area contributed by atoms with Crippen LogP contribution in [0.15, 0.2) is 29.6 Å². The maximum Gasteiger partial charge on any atom is 0.251 e. The molecule has 1 aromatic carbocycles. The quantitative estimate of drug-likeness (QED) is 0.911. The molecule has 2 aromatic rings. The van der Waals surface area contributed by atoms with E-state index in [0.717, 1.165) is 35.4 Å². The first-order valence-corrected chi connectivity index (χ1v) is 7.81. The maximum absolute atomic E-state index is 12.0. The summed E-state index contributed by atoms with van der Waals surface area (Å²) in [4.78, 5) is 13.2. The number of nitrogens with one attached hydrogen (secondary N) is 2. The van der Waals surface area contributed by atoms with Crippen LogP contribution in [0.3, 0.4) is 0 Å². The molecule has 0 bridgehead atoms. The molecule has 0 aliphatic carbocycles. The normalized spacial score (nSPS) is 15.2. The summed E-state index contributed by atoms with van der Waals surface area (Å²) in [6, 6.07) is 8.27. The third kappa shape index (κ3) is 2.66. The molecule has 1 atom stereocenters. The summed E-state index contributed by atoms with van der Waals surface area (Å²) in [5.41, 5.74) is 3.02. The van der Waals surface area contributed by atoms with Crippen molar-refractivity contribution in [3.63, 3.8) is 0 Å². The highest BCUT2D eigenvalue weighted by Crippen LogP contribution is 2.32. The molecule has 5 heteroatoms. The van der Waals surface area contributed by atoms with E-state index in [2.05, 4.69) is 22.8 Å². The van der Waals surface area contributed by atoms with Gasteiger partial charge >= 0.3 is 0 Å². The Bertz CT molecular complexity index is 666. The van der Waals surface area contributed by atoms with Gasteiger partial charge in [0.1, 0.15) is 5.75 Å². The van der Waals surface area contributed by atoms with Crippen molar-refractivity contribution in [2.45, 2.75) is 12.5 Å². The number of fused-ring (bicyclic) bond motifs is 1. The molecule has 0 saturated carbocycles. The molecule has 2 N–H and O–H groups in total. The van der Waals surface area contributed by atoms with Crippen LogP contribution in [-0.4, -0.2) is 26.6 Å². The molecule has 1 amide bonds. The Morgan fingerprint density at radius 3 is 2.95 bits per heavy atom. The fraction of sp³-hybridized carbons (Fsp3) is 0.312. The van der Waals surface area contributed by atoms with E-state index in [4.69, 9.17) is 4.74 Å². The lowest BCUT2D eigenvalue weighted by Gasteiger charge is -2.20. The molecule has 1 aliphatic heterocycles. The zero-order valence-electron chi connectivity index (χ0n) is 12.1. The van der Waals surface area contributed by atoms with E-state index in [1.807, 2.05) is 24.6 Å². The predicted octanol–water partition coefficient (Wildman–Crippen LogP) is 2.35. The minimum atomic E-state index is 0.0247. The lowest BCUT2D eigenvalue weighted by molar-refractivity contribution is 0.0946. The second kappa shape index (κ2) is 5.87. The van der Waals surface area contributed by atoms with Gasteiger partial charge in [-0.2, -0.15) is 0 Å². The topological polar surface area (TPSA) is 50.4 Å². The number of methoxy groups -OCH3 is 1. The van der Waals surface area contributed by atoms with Crippen LogP contribution in [0.2, 0.25) is 0 Å². The van der Waals surface area contributed by atoms with Crippen molar-refractivity contribution < 1.29 is 9.53 Å². The number of benzene rings is 1. The van der Waals surface area contributed by atoms with E-state index in [0.29, 0.717) is 0 Å². The first-order valence-electron chi connectivity index (χ1n) is 6.93. The van der Waals surface area contributed by atoms with Crippen LogP contribution >= 0.6 is 11.3 Å². The number of rotatable bonds is 4. The minimum absolute atomic E-state index is 0.0247. The van der Waals surface area contributed by atoms with Crippen molar-refractivity contribution in [3.8, 4) is 5.75 Å². The van der Waals surface area contributed by atoms with Gasteiger partial charge in [-0.1, -0.05) is 12.1 Å². The number of ether oxygens (including phenoxy) is 1. The van der Waals surface area contributed by atoms with E-state index in [9.17, 15) is 4.79 Å². The van der Waals surface area contributed by atoms with Crippen LogP contribution in [0.1, 0.15) is 32.4 Å². The van der Waals surface area contributed by atoms with Gasteiger partial charge in [0.15, 0.2) is 0 Å². The molecule has 4 nitrogen and oxygen atoms in total. The van der Waals surface area contributed by atoms with E-state index in [1.54, 1.807) is 18.4 Å². The van der Waals surface area contributed by atoms with Crippen molar-refractivity contribution >= 4 is 17.2 Å². The lowest BCUT2D eigenvalue weighted by Crippen LogP contribution is -2.32. The molecule has 0 saturated heterocycles. The highest BCUT2D eigenvalue weighted by atomic mass is 32.1. The van der Waals surface area contributed by atoms with E-state index < -0.39 is 0 Å². The maximum atomic E-state index is 12.0. The fourth-order valence-corrected chi connectivity index (χ4v) is 3.67. The van der Waals surface area contributed by atoms with Crippen molar-refractivity contribution in [3.05, 3.63) is 51.2 Å². The second-order valence-corrected chi connectivity index (χ2v) is 5.98. The Hall–Kier alpha value is -1.85. The molecule has 3 rings (SSSR count). The summed E-state index contributed by atoms with van der Waals surface area (Å²) in [7, 11) is 3.60. The molecule has 2 heterocycles. The SMILES string of the molecule is CNC(c1ccc2c(c1)C(=O)NCC2)c1cc(OC)cs1. The summed E-state index contributed by atoms with van der Waals surface area (Å²) in [5, 5.41) is 8.21. The molecule has 21 heavy (non-hydrogen) atoms. The molecular weight excluding hydrogens is 284 g/mol. The largest absolute Gasteiger partial charge is 0.496 e. The van der Waals surface area contributed by atoms with Crippen LogP contribution in [0.4, 0.5) is 0 Å².